The number of nitrogens with zero attached hydrogens (tertiary/aromatic N) is 1. The summed E-state index contributed by atoms with van der Waals surface area (Å²) in [7, 11) is 2.01. The number of carbonyl (C=O) groups excluding carboxylic acids is 1. The molecule has 0 aliphatic carbocycles. The van der Waals surface area contributed by atoms with E-state index in [1.807, 2.05) is 13.1 Å². The lowest BCUT2D eigenvalue weighted by molar-refractivity contribution is 0.0989. The standard InChI is InChI=1S/C16H16ClNO3/c1-10(19)16-12(17)4-3-5-13(16)21-15-9-18(2)8-14-11(15)6-7-20-14/h3-7,15H,8-9H2,1-2H3. The average Bonchev–Trinajstić information content (AvgIpc) is 2.86. The lowest BCUT2D eigenvalue weighted by Crippen LogP contribution is -2.32. The van der Waals surface area contributed by atoms with E-state index in [0.29, 0.717) is 16.3 Å². The van der Waals surface area contributed by atoms with Gasteiger partial charge in [0.1, 0.15) is 17.6 Å². The minimum Gasteiger partial charge on any atom is -0.483 e. The van der Waals surface area contributed by atoms with Crippen LogP contribution in [0.3, 0.4) is 0 Å². The molecule has 0 saturated carbocycles. The van der Waals surface area contributed by atoms with Gasteiger partial charge in [-0.05, 0) is 32.2 Å². The fraction of sp³-hybridized carbons (Fsp3) is 0.312. The first-order valence-corrected chi connectivity index (χ1v) is 7.15. The van der Waals surface area contributed by atoms with Crippen LogP contribution in [-0.2, 0) is 6.54 Å². The van der Waals surface area contributed by atoms with Gasteiger partial charge >= 0.3 is 0 Å². The van der Waals surface area contributed by atoms with E-state index in [9.17, 15) is 4.79 Å². The predicted octanol–water partition coefficient (Wildman–Crippen LogP) is 3.70. The van der Waals surface area contributed by atoms with Crippen molar-refractivity contribution in [2.45, 2.75) is 19.6 Å². The Bertz CT molecular complexity index is 680. The number of Topliss-reactive ketones (excluding diaryl/α,β-unsaturated/α-hetero) is 1. The number of benzene rings is 1. The summed E-state index contributed by atoms with van der Waals surface area (Å²) in [5.41, 5.74) is 1.46. The first kappa shape index (κ1) is 14.2. The minimum atomic E-state index is -0.172. The molecule has 4 nitrogen and oxygen atoms in total. The molecular formula is C16H16ClNO3. The number of rotatable bonds is 3. The molecule has 0 N–H and O–H groups in total. The van der Waals surface area contributed by atoms with E-state index in [1.165, 1.54) is 6.92 Å². The summed E-state index contributed by atoms with van der Waals surface area (Å²) in [6.07, 6.45) is 1.50. The monoisotopic (exact) mass is 305 g/mol. The highest BCUT2D eigenvalue weighted by Gasteiger charge is 2.28. The molecule has 0 amide bonds. The molecule has 0 radical (unpaired) electrons. The van der Waals surface area contributed by atoms with E-state index in [4.69, 9.17) is 20.8 Å². The Labute approximate surface area is 128 Å². The average molecular weight is 306 g/mol. The Balaban J connectivity index is 1.95. The summed E-state index contributed by atoms with van der Waals surface area (Å²) in [6.45, 7) is 2.98. The van der Waals surface area contributed by atoms with Gasteiger partial charge in [0.05, 0.1) is 23.4 Å². The number of halogens is 1. The first-order chi connectivity index (χ1) is 10.1. The Morgan fingerprint density at radius 2 is 2.24 bits per heavy atom. The third-order valence-corrected chi connectivity index (χ3v) is 3.93. The van der Waals surface area contributed by atoms with Gasteiger partial charge in [0, 0.05) is 12.1 Å². The molecule has 0 spiro atoms. The van der Waals surface area contributed by atoms with Crippen molar-refractivity contribution in [2.24, 2.45) is 0 Å². The number of carbonyl (C=O) groups is 1. The Kier molecular flexibility index (Phi) is 3.74. The maximum Gasteiger partial charge on any atom is 0.165 e. The van der Waals surface area contributed by atoms with Gasteiger partial charge in [0.2, 0.25) is 0 Å². The Hall–Kier alpha value is -1.78. The quantitative estimate of drug-likeness (QED) is 0.811. The number of ether oxygens (including phenoxy) is 1. The molecule has 3 rings (SSSR count). The molecular weight excluding hydrogens is 290 g/mol. The molecule has 1 aromatic heterocycles. The number of hydrogen-bond donors (Lipinski definition) is 0. The largest absolute Gasteiger partial charge is 0.483 e. The van der Waals surface area contributed by atoms with Crippen molar-refractivity contribution in [2.75, 3.05) is 13.6 Å². The van der Waals surface area contributed by atoms with Crippen LogP contribution in [-0.4, -0.2) is 24.3 Å². The maximum atomic E-state index is 11.8. The van der Waals surface area contributed by atoms with Crippen LogP contribution in [0.4, 0.5) is 0 Å². The minimum absolute atomic E-state index is 0.104. The van der Waals surface area contributed by atoms with Crippen molar-refractivity contribution in [3.05, 3.63) is 52.4 Å². The summed E-state index contributed by atoms with van der Waals surface area (Å²) in [6, 6.07) is 7.18. The number of fused-ring (bicyclic) bond motifs is 1. The molecule has 1 aliphatic heterocycles. The molecule has 2 aromatic rings. The molecule has 0 saturated heterocycles. The zero-order valence-corrected chi connectivity index (χ0v) is 12.7. The smallest absolute Gasteiger partial charge is 0.165 e. The predicted molar refractivity (Wildman–Crippen MR) is 79.9 cm³/mol. The number of likely N-dealkylation sites (N-methyl/N-ethyl adjacent to an activating group) is 1. The second-order valence-corrected chi connectivity index (χ2v) is 5.68. The van der Waals surface area contributed by atoms with Gasteiger partial charge < -0.3 is 9.15 Å². The normalized spacial score (nSPS) is 18.3. The van der Waals surface area contributed by atoms with Crippen LogP contribution in [0.2, 0.25) is 5.02 Å². The lowest BCUT2D eigenvalue weighted by Gasteiger charge is -2.30. The van der Waals surface area contributed by atoms with Crippen molar-refractivity contribution >= 4 is 17.4 Å². The van der Waals surface area contributed by atoms with Crippen molar-refractivity contribution in [1.82, 2.24) is 4.90 Å². The molecule has 110 valence electrons. The third-order valence-electron chi connectivity index (χ3n) is 3.61. The van der Waals surface area contributed by atoms with Gasteiger partial charge in [-0.3, -0.25) is 9.69 Å². The molecule has 21 heavy (non-hydrogen) atoms. The van der Waals surface area contributed by atoms with Gasteiger partial charge in [-0.1, -0.05) is 17.7 Å². The van der Waals surface area contributed by atoms with Crippen LogP contribution in [0.15, 0.2) is 34.9 Å². The van der Waals surface area contributed by atoms with E-state index in [-0.39, 0.29) is 11.9 Å². The van der Waals surface area contributed by atoms with Crippen molar-refractivity contribution in [1.29, 1.82) is 0 Å². The van der Waals surface area contributed by atoms with Crippen LogP contribution < -0.4 is 4.74 Å². The molecule has 5 heteroatoms. The SMILES string of the molecule is CC(=O)c1c(Cl)cccc1OC1CN(C)Cc2occc21. The van der Waals surface area contributed by atoms with Gasteiger partial charge in [0.25, 0.3) is 0 Å². The highest BCUT2D eigenvalue weighted by molar-refractivity contribution is 6.34. The van der Waals surface area contributed by atoms with E-state index in [2.05, 4.69) is 4.90 Å². The summed E-state index contributed by atoms with van der Waals surface area (Å²) in [4.78, 5) is 13.9. The van der Waals surface area contributed by atoms with Crippen LogP contribution in [0.1, 0.15) is 34.7 Å². The van der Waals surface area contributed by atoms with Crippen LogP contribution in [0, 0.1) is 0 Å². The fourth-order valence-corrected chi connectivity index (χ4v) is 2.95. The zero-order valence-electron chi connectivity index (χ0n) is 11.9. The second kappa shape index (κ2) is 5.54. The van der Waals surface area contributed by atoms with Gasteiger partial charge in [-0.15, -0.1) is 0 Å². The van der Waals surface area contributed by atoms with Gasteiger partial charge in [-0.2, -0.15) is 0 Å². The van der Waals surface area contributed by atoms with E-state index in [1.54, 1.807) is 24.5 Å². The summed E-state index contributed by atoms with van der Waals surface area (Å²) in [5.74, 6) is 1.31. The number of ketones is 1. The zero-order chi connectivity index (χ0) is 15.0. The van der Waals surface area contributed by atoms with E-state index < -0.39 is 0 Å². The van der Waals surface area contributed by atoms with Gasteiger partial charge in [0.15, 0.2) is 5.78 Å². The van der Waals surface area contributed by atoms with E-state index in [0.717, 1.165) is 24.4 Å². The van der Waals surface area contributed by atoms with Gasteiger partial charge in [-0.25, -0.2) is 0 Å². The maximum absolute atomic E-state index is 11.8. The van der Waals surface area contributed by atoms with E-state index >= 15 is 0 Å². The Morgan fingerprint density at radius 1 is 1.43 bits per heavy atom. The molecule has 1 aromatic carbocycles. The lowest BCUT2D eigenvalue weighted by atomic mass is 10.0. The second-order valence-electron chi connectivity index (χ2n) is 5.27. The molecule has 0 bridgehead atoms. The Morgan fingerprint density at radius 3 is 3.00 bits per heavy atom. The molecule has 1 atom stereocenters. The highest BCUT2D eigenvalue weighted by atomic mass is 35.5. The number of furan rings is 1. The van der Waals surface area contributed by atoms with Crippen molar-refractivity contribution < 1.29 is 13.9 Å². The number of hydrogen-bond acceptors (Lipinski definition) is 4. The summed E-state index contributed by atoms with van der Waals surface area (Å²) < 4.78 is 11.6. The van der Waals surface area contributed by atoms with Crippen LogP contribution in [0.25, 0.3) is 0 Å². The molecule has 2 heterocycles. The van der Waals surface area contributed by atoms with Crippen LogP contribution in [0.5, 0.6) is 5.75 Å². The first-order valence-electron chi connectivity index (χ1n) is 6.77. The summed E-state index contributed by atoms with van der Waals surface area (Å²) in [5, 5.41) is 0.414. The fourth-order valence-electron chi connectivity index (χ4n) is 2.66. The molecule has 1 aliphatic rings. The van der Waals surface area contributed by atoms with Crippen molar-refractivity contribution in [3.8, 4) is 5.75 Å². The van der Waals surface area contributed by atoms with Crippen molar-refractivity contribution in [3.63, 3.8) is 0 Å². The van der Waals surface area contributed by atoms with Crippen LogP contribution >= 0.6 is 11.6 Å². The summed E-state index contributed by atoms with van der Waals surface area (Å²) >= 11 is 6.12. The highest BCUT2D eigenvalue weighted by Crippen LogP contribution is 2.34. The third kappa shape index (κ3) is 2.69. The molecule has 1 unspecified atom stereocenters. The molecule has 0 fully saturated rings. The topological polar surface area (TPSA) is 42.7 Å².